The van der Waals surface area contributed by atoms with Gasteiger partial charge in [-0.3, -0.25) is 4.79 Å². The quantitative estimate of drug-likeness (QED) is 0.620. The molecule has 2 aromatic carbocycles. The third-order valence-electron chi connectivity index (χ3n) is 3.91. The van der Waals surface area contributed by atoms with Crippen molar-refractivity contribution in [3.8, 4) is 0 Å². The smallest absolute Gasteiger partial charge is 0.411 e. The van der Waals surface area contributed by atoms with Gasteiger partial charge in [-0.1, -0.05) is 26.0 Å². The Hall–Kier alpha value is -2.87. The minimum atomic E-state index is -4.36. The molecule has 0 fully saturated rings. The Morgan fingerprint density at radius 3 is 2.54 bits per heavy atom. The number of halogens is 3. The average Bonchev–Trinajstić information content (AvgIpc) is 3.05. The second-order valence-electron chi connectivity index (χ2n) is 6.65. The van der Waals surface area contributed by atoms with E-state index in [2.05, 4.69) is 15.0 Å². The summed E-state index contributed by atoms with van der Waals surface area (Å²) in [5, 5.41) is 2.77. The lowest BCUT2D eigenvalue weighted by molar-refractivity contribution is -0.176. The summed E-state index contributed by atoms with van der Waals surface area (Å²) in [5.74, 6) is 0.445. The van der Waals surface area contributed by atoms with E-state index in [1.165, 1.54) is 12.1 Å². The van der Waals surface area contributed by atoms with Gasteiger partial charge < -0.3 is 14.5 Å². The van der Waals surface area contributed by atoms with E-state index in [0.29, 0.717) is 33.8 Å². The number of oxazole rings is 1. The Kier molecular flexibility index (Phi) is 5.69. The maximum absolute atomic E-state index is 12.4. The first-order valence-corrected chi connectivity index (χ1v) is 8.66. The van der Waals surface area contributed by atoms with Crippen LogP contribution in [0.2, 0.25) is 0 Å². The SMILES string of the molecule is CC(C)c1nc2cc(NC(=O)c3ccc(COCC(F)(F)F)cc3)ccc2o1. The van der Waals surface area contributed by atoms with E-state index in [9.17, 15) is 18.0 Å². The van der Waals surface area contributed by atoms with Crippen molar-refractivity contribution >= 4 is 22.7 Å². The van der Waals surface area contributed by atoms with Crippen molar-refractivity contribution in [1.82, 2.24) is 4.98 Å². The van der Waals surface area contributed by atoms with Crippen LogP contribution in [0.15, 0.2) is 46.9 Å². The lowest BCUT2D eigenvalue weighted by atomic mass is 10.1. The molecule has 0 aliphatic carbocycles. The van der Waals surface area contributed by atoms with Crippen molar-refractivity contribution in [2.75, 3.05) is 11.9 Å². The highest BCUT2D eigenvalue weighted by Gasteiger charge is 2.27. The number of benzene rings is 2. The molecule has 1 N–H and O–H groups in total. The number of ether oxygens (including phenoxy) is 1. The van der Waals surface area contributed by atoms with E-state index in [4.69, 9.17) is 4.42 Å². The molecule has 0 bridgehead atoms. The summed E-state index contributed by atoms with van der Waals surface area (Å²) < 4.78 is 46.5. The van der Waals surface area contributed by atoms with Crippen molar-refractivity contribution in [3.05, 3.63) is 59.5 Å². The van der Waals surface area contributed by atoms with Gasteiger partial charge in [0.25, 0.3) is 5.91 Å². The lowest BCUT2D eigenvalue weighted by Gasteiger charge is -2.08. The first-order chi connectivity index (χ1) is 13.2. The van der Waals surface area contributed by atoms with Crippen molar-refractivity contribution < 1.29 is 27.1 Å². The van der Waals surface area contributed by atoms with Crippen LogP contribution in [0.4, 0.5) is 18.9 Å². The van der Waals surface area contributed by atoms with Crippen molar-refractivity contribution in [2.24, 2.45) is 0 Å². The average molecular weight is 392 g/mol. The molecule has 1 amide bonds. The van der Waals surface area contributed by atoms with Crippen LogP contribution < -0.4 is 5.32 Å². The number of anilines is 1. The highest BCUT2D eigenvalue weighted by Crippen LogP contribution is 2.24. The molecule has 1 heterocycles. The molecule has 0 aliphatic rings. The molecule has 5 nitrogen and oxygen atoms in total. The lowest BCUT2D eigenvalue weighted by Crippen LogP contribution is -2.16. The minimum Gasteiger partial charge on any atom is -0.440 e. The number of fused-ring (bicyclic) bond motifs is 1. The molecule has 0 atom stereocenters. The summed E-state index contributed by atoms with van der Waals surface area (Å²) in [6, 6.07) is 11.4. The van der Waals surface area contributed by atoms with Crippen LogP contribution in [0.3, 0.4) is 0 Å². The fourth-order valence-electron chi connectivity index (χ4n) is 2.51. The maximum Gasteiger partial charge on any atom is 0.411 e. The molecule has 0 radical (unpaired) electrons. The fourth-order valence-corrected chi connectivity index (χ4v) is 2.51. The predicted molar refractivity (Wildman–Crippen MR) is 98.2 cm³/mol. The summed E-state index contributed by atoms with van der Waals surface area (Å²) in [4.78, 5) is 16.8. The van der Waals surface area contributed by atoms with Crippen LogP contribution in [0.25, 0.3) is 11.1 Å². The van der Waals surface area contributed by atoms with Gasteiger partial charge in [0.05, 0.1) is 6.61 Å². The van der Waals surface area contributed by atoms with Gasteiger partial charge in [0.15, 0.2) is 11.5 Å². The molecule has 3 rings (SSSR count). The minimum absolute atomic E-state index is 0.157. The first-order valence-electron chi connectivity index (χ1n) is 8.66. The van der Waals surface area contributed by atoms with Crippen molar-refractivity contribution in [3.63, 3.8) is 0 Å². The molecule has 0 spiro atoms. The zero-order valence-electron chi connectivity index (χ0n) is 15.3. The number of hydrogen-bond acceptors (Lipinski definition) is 4. The summed E-state index contributed by atoms with van der Waals surface area (Å²) >= 11 is 0. The van der Waals surface area contributed by atoms with E-state index < -0.39 is 12.8 Å². The highest BCUT2D eigenvalue weighted by molar-refractivity contribution is 6.04. The van der Waals surface area contributed by atoms with E-state index in [1.807, 2.05) is 13.8 Å². The van der Waals surface area contributed by atoms with E-state index in [-0.39, 0.29) is 18.4 Å². The third-order valence-corrected chi connectivity index (χ3v) is 3.91. The van der Waals surface area contributed by atoms with Gasteiger partial charge >= 0.3 is 6.18 Å². The number of alkyl halides is 3. The Labute approximate surface area is 159 Å². The second kappa shape index (κ2) is 8.02. The van der Waals surface area contributed by atoms with E-state index in [0.717, 1.165) is 0 Å². The molecule has 28 heavy (non-hydrogen) atoms. The van der Waals surface area contributed by atoms with Gasteiger partial charge in [-0.25, -0.2) is 4.98 Å². The molecular weight excluding hydrogens is 373 g/mol. The van der Waals surface area contributed by atoms with Gasteiger partial charge in [-0.2, -0.15) is 13.2 Å². The Bertz CT molecular complexity index is 963. The molecule has 0 unspecified atom stereocenters. The first kappa shape index (κ1) is 19.9. The highest BCUT2D eigenvalue weighted by atomic mass is 19.4. The van der Waals surface area contributed by atoms with Gasteiger partial charge in [-0.15, -0.1) is 0 Å². The standard InChI is InChI=1S/C20H19F3N2O3/c1-12(2)19-25-16-9-15(7-8-17(16)28-19)24-18(26)14-5-3-13(4-6-14)10-27-11-20(21,22)23/h3-9,12H,10-11H2,1-2H3,(H,24,26). The van der Waals surface area contributed by atoms with Crippen molar-refractivity contribution in [2.45, 2.75) is 32.5 Å². The predicted octanol–water partition coefficient (Wildman–Crippen LogP) is 5.28. The number of hydrogen-bond donors (Lipinski definition) is 1. The van der Waals surface area contributed by atoms with Crippen LogP contribution in [0.1, 0.15) is 41.6 Å². The van der Waals surface area contributed by atoms with E-state index in [1.54, 1.807) is 30.3 Å². The summed E-state index contributed by atoms with van der Waals surface area (Å²) in [5.41, 5.74) is 2.79. The molecule has 8 heteroatoms. The van der Waals surface area contributed by atoms with Crippen LogP contribution in [0, 0.1) is 0 Å². The van der Waals surface area contributed by atoms with Crippen molar-refractivity contribution in [1.29, 1.82) is 0 Å². The summed E-state index contributed by atoms with van der Waals surface area (Å²) in [6.45, 7) is 2.47. The summed E-state index contributed by atoms with van der Waals surface area (Å²) in [7, 11) is 0. The van der Waals surface area contributed by atoms with Gasteiger partial charge in [0.1, 0.15) is 12.1 Å². The zero-order chi connectivity index (χ0) is 20.3. The van der Waals surface area contributed by atoms with Crippen LogP contribution in [-0.4, -0.2) is 23.7 Å². The Balaban J connectivity index is 1.63. The maximum atomic E-state index is 12.4. The van der Waals surface area contributed by atoms with E-state index >= 15 is 0 Å². The number of nitrogens with zero attached hydrogens (tertiary/aromatic N) is 1. The Morgan fingerprint density at radius 1 is 1.18 bits per heavy atom. The van der Waals surface area contributed by atoms with Gasteiger partial charge in [0.2, 0.25) is 0 Å². The number of aromatic nitrogens is 1. The Morgan fingerprint density at radius 2 is 1.89 bits per heavy atom. The molecule has 0 aliphatic heterocycles. The fraction of sp³-hybridized carbons (Fsp3) is 0.300. The second-order valence-corrected chi connectivity index (χ2v) is 6.65. The van der Waals surface area contributed by atoms with Crippen LogP contribution in [-0.2, 0) is 11.3 Å². The number of amides is 1. The number of carbonyl (C=O) groups is 1. The molecular formula is C20H19F3N2O3. The van der Waals surface area contributed by atoms with Crippen LogP contribution in [0.5, 0.6) is 0 Å². The molecule has 148 valence electrons. The largest absolute Gasteiger partial charge is 0.440 e. The monoisotopic (exact) mass is 392 g/mol. The number of rotatable bonds is 6. The van der Waals surface area contributed by atoms with Crippen LogP contribution >= 0.6 is 0 Å². The zero-order valence-corrected chi connectivity index (χ0v) is 15.3. The van der Waals surface area contributed by atoms with Gasteiger partial charge in [0, 0.05) is 17.2 Å². The third kappa shape index (κ3) is 5.10. The molecule has 0 saturated heterocycles. The molecule has 3 aromatic rings. The summed E-state index contributed by atoms with van der Waals surface area (Å²) in [6.07, 6.45) is -4.36. The molecule has 0 saturated carbocycles. The number of nitrogens with one attached hydrogen (secondary N) is 1. The molecule has 1 aromatic heterocycles. The normalized spacial score (nSPS) is 11.9. The van der Waals surface area contributed by atoms with Gasteiger partial charge in [-0.05, 0) is 35.9 Å². The number of carbonyl (C=O) groups excluding carboxylic acids is 1. The topological polar surface area (TPSA) is 64.4 Å².